The molecule has 12 heteroatoms. The molecule has 0 unspecified atom stereocenters. The molecule has 2 aliphatic rings. The van der Waals surface area contributed by atoms with Crippen LogP contribution in [0.5, 0.6) is 11.6 Å². The number of carbonyl (C=O) groups excluding carboxylic acids is 2. The second kappa shape index (κ2) is 18.8. The molecule has 0 saturated carbocycles. The minimum Gasteiger partial charge on any atom is -0.496 e. The van der Waals surface area contributed by atoms with Gasteiger partial charge in [-0.15, -0.1) is 0 Å². The highest BCUT2D eigenvalue weighted by molar-refractivity contribution is 6.39. The summed E-state index contributed by atoms with van der Waals surface area (Å²) in [6, 6.07) is 18.4. The molecule has 0 atom stereocenters. The molecule has 10 nitrogen and oxygen atoms in total. The number of nitrogens with one attached hydrogen (secondary N) is 2. The zero-order chi connectivity index (χ0) is 39.9. The van der Waals surface area contributed by atoms with Crippen LogP contribution in [-0.2, 0) is 22.7 Å². The van der Waals surface area contributed by atoms with E-state index in [2.05, 4.69) is 15.6 Å². The summed E-state index contributed by atoms with van der Waals surface area (Å²) in [6.07, 6.45) is 5.41. The first-order valence-corrected chi connectivity index (χ1v) is 20.4. The van der Waals surface area contributed by atoms with Gasteiger partial charge in [-0.3, -0.25) is 14.6 Å². The first-order chi connectivity index (χ1) is 27.0. The number of rotatable bonds is 13. The first-order valence-electron chi connectivity index (χ1n) is 19.7. The lowest BCUT2D eigenvalue weighted by Crippen LogP contribution is -2.46. The third-order valence-corrected chi connectivity index (χ3v) is 11.7. The number of hydrogen-bond donors (Lipinski definition) is 2. The molecule has 0 spiro atoms. The van der Waals surface area contributed by atoms with E-state index in [0.29, 0.717) is 52.5 Å². The van der Waals surface area contributed by atoms with Crippen LogP contribution in [0.4, 0.5) is 0 Å². The fourth-order valence-corrected chi connectivity index (χ4v) is 8.25. The number of aromatic nitrogens is 2. The average molecular weight is 802 g/mol. The predicted molar refractivity (Wildman–Crippen MR) is 224 cm³/mol. The van der Waals surface area contributed by atoms with Crippen LogP contribution >= 0.6 is 23.2 Å². The van der Waals surface area contributed by atoms with Gasteiger partial charge in [-0.25, -0.2) is 4.98 Å². The van der Waals surface area contributed by atoms with Crippen molar-refractivity contribution in [2.24, 2.45) is 11.8 Å². The van der Waals surface area contributed by atoms with Crippen molar-refractivity contribution >= 4 is 35.0 Å². The van der Waals surface area contributed by atoms with E-state index in [4.69, 9.17) is 37.7 Å². The van der Waals surface area contributed by atoms with Gasteiger partial charge >= 0.3 is 0 Å². The maximum Gasteiger partial charge on any atom is 0.225 e. The van der Waals surface area contributed by atoms with E-state index in [1.807, 2.05) is 92.1 Å². The molecule has 4 aromatic rings. The molecule has 0 bridgehead atoms. The van der Waals surface area contributed by atoms with Crippen LogP contribution in [0.1, 0.15) is 64.5 Å². The van der Waals surface area contributed by atoms with E-state index in [0.717, 1.165) is 91.0 Å². The Labute approximate surface area is 341 Å². The van der Waals surface area contributed by atoms with Crippen molar-refractivity contribution < 1.29 is 19.1 Å². The Morgan fingerprint density at radius 3 is 1.86 bits per heavy atom. The molecule has 2 aromatic carbocycles. The van der Waals surface area contributed by atoms with Gasteiger partial charge in [0.2, 0.25) is 17.7 Å². The Morgan fingerprint density at radius 1 is 0.732 bits per heavy atom. The molecule has 2 amide bonds. The smallest absolute Gasteiger partial charge is 0.225 e. The number of ether oxygens (including phenoxy) is 2. The van der Waals surface area contributed by atoms with Crippen molar-refractivity contribution in [3.8, 4) is 45.3 Å². The van der Waals surface area contributed by atoms with Crippen molar-refractivity contribution in [2.75, 3.05) is 40.4 Å². The summed E-state index contributed by atoms with van der Waals surface area (Å²) in [4.78, 5) is 38.3. The SMILES string of the molecule is COc1cc(-c2nccc(-c3cccc(-c4ccc(CNC5CCN(C(=O)C(C)C)CC5)c(OC)n4)c3Cl)c2Cl)ccc1CNC1CCN(C(=O)C(C)C)CC1. The Bertz CT molecular complexity index is 1860. The summed E-state index contributed by atoms with van der Waals surface area (Å²) < 4.78 is 11.6. The molecule has 2 aliphatic heterocycles. The van der Waals surface area contributed by atoms with Crippen molar-refractivity contribution in [3.05, 3.63) is 82.0 Å². The van der Waals surface area contributed by atoms with Gasteiger partial charge in [-0.1, -0.05) is 87.3 Å². The third kappa shape index (κ3) is 9.48. The zero-order valence-corrected chi connectivity index (χ0v) is 34.8. The van der Waals surface area contributed by atoms with E-state index >= 15 is 0 Å². The molecule has 2 fully saturated rings. The topological polar surface area (TPSA) is 109 Å². The molecule has 56 heavy (non-hydrogen) atoms. The summed E-state index contributed by atoms with van der Waals surface area (Å²) >= 11 is 14.3. The number of nitrogens with zero attached hydrogens (tertiary/aromatic N) is 4. The highest BCUT2D eigenvalue weighted by Gasteiger charge is 2.26. The largest absolute Gasteiger partial charge is 0.496 e. The van der Waals surface area contributed by atoms with Crippen molar-refractivity contribution in [3.63, 3.8) is 0 Å². The van der Waals surface area contributed by atoms with Gasteiger partial charge in [0, 0.05) is 103 Å². The molecule has 2 N–H and O–H groups in total. The van der Waals surface area contributed by atoms with Gasteiger partial charge in [0.05, 0.1) is 35.7 Å². The predicted octanol–water partition coefficient (Wildman–Crippen LogP) is 8.27. The highest BCUT2D eigenvalue weighted by atomic mass is 35.5. The van der Waals surface area contributed by atoms with Crippen LogP contribution in [-0.4, -0.2) is 84.1 Å². The number of methoxy groups -OCH3 is 2. The zero-order valence-electron chi connectivity index (χ0n) is 33.3. The molecular formula is C44H54Cl2N6O4. The Balaban J connectivity index is 1.14. The van der Waals surface area contributed by atoms with Crippen molar-refractivity contribution in [1.82, 2.24) is 30.4 Å². The van der Waals surface area contributed by atoms with E-state index in [9.17, 15) is 9.59 Å². The summed E-state index contributed by atoms with van der Waals surface area (Å²) in [5.74, 6) is 1.77. The third-order valence-electron chi connectivity index (χ3n) is 10.9. The quantitative estimate of drug-likeness (QED) is 0.139. The standard InChI is InChI=1S/C44H54Cl2N6O4/c1-27(2)43(53)51-20-15-32(16-21-51)48-25-30-11-10-29(24-38(30)55-5)41-40(46)35(14-19-47-41)34-8-7-9-36(39(34)45)37-13-12-31(42(50-37)56-6)26-49-33-17-22-52(23-18-33)44(54)28(3)4/h7-14,19,24,27-28,32-33,48-49H,15-18,20-23,25-26H2,1-6H3. The summed E-state index contributed by atoms with van der Waals surface area (Å²) in [5.41, 5.74) is 6.40. The molecule has 2 aromatic heterocycles. The molecule has 6 rings (SSSR count). The van der Waals surface area contributed by atoms with Gasteiger partial charge in [-0.2, -0.15) is 0 Å². The number of piperidine rings is 2. The number of halogens is 2. The Kier molecular flexibility index (Phi) is 13.9. The summed E-state index contributed by atoms with van der Waals surface area (Å²) in [6.45, 7) is 12.1. The lowest BCUT2D eigenvalue weighted by molar-refractivity contribution is -0.136. The van der Waals surface area contributed by atoms with E-state index in [-0.39, 0.29) is 23.7 Å². The number of amides is 2. The van der Waals surface area contributed by atoms with Gasteiger partial charge < -0.3 is 29.9 Å². The number of hydrogen-bond acceptors (Lipinski definition) is 8. The Morgan fingerprint density at radius 2 is 1.29 bits per heavy atom. The number of pyridine rings is 2. The van der Waals surface area contributed by atoms with Crippen LogP contribution < -0.4 is 20.1 Å². The molecule has 4 heterocycles. The van der Waals surface area contributed by atoms with Gasteiger partial charge in [0.1, 0.15) is 5.75 Å². The molecule has 0 aliphatic carbocycles. The minimum absolute atomic E-state index is 0.0215. The maximum atomic E-state index is 12.4. The molecular weight excluding hydrogens is 747 g/mol. The number of benzene rings is 2. The van der Waals surface area contributed by atoms with E-state index in [1.165, 1.54) is 0 Å². The van der Waals surface area contributed by atoms with Crippen molar-refractivity contribution in [2.45, 2.75) is 78.6 Å². The number of likely N-dealkylation sites (tertiary alicyclic amines) is 2. The van der Waals surface area contributed by atoms with Gasteiger partial charge in [0.25, 0.3) is 0 Å². The second-order valence-electron chi connectivity index (χ2n) is 15.4. The first kappa shape index (κ1) is 41.4. The van der Waals surface area contributed by atoms with Crippen LogP contribution in [0.25, 0.3) is 33.6 Å². The average Bonchev–Trinajstić information content (AvgIpc) is 3.22. The van der Waals surface area contributed by atoms with Crippen LogP contribution in [0.15, 0.2) is 60.8 Å². The van der Waals surface area contributed by atoms with Crippen LogP contribution in [0.2, 0.25) is 10.0 Å². The number of carbonyl (C=O) groups is 2. The lowest BCUT2D eigenvalue weighted by atomic mass is 9.99. The fraction of sp³-hybridized carbons (Fsp3) is 0.455. The summed E-state index contributed by atoms with van der Waals surface area (Å²) in [7, 11) is 3.30. The highest BCUT2D eigenvalue weighted by Crippen LogP contribution is 2.42. The van der Waals surface area contributed by atoms with Crippen molar-refractivity contribution in [1.29, 1.82) is 0 Å². The van der Waals surface area contributed by atoms with E-state index < -0.39 is 0 Å². The molecule has 298 valence electrons. The molecule has 2 saturated heterocycles. The monoisotopic (exact) mass is 800 g/mol. The maximum absolute atomic E-state index is 12.4. The van der Waals surface area contributed by atoms with E-state index in [1.54, 1.807) is 20.4 Å². The second-order valence-corrected chi connectivity index (χ2v) is 16.1. The fourth-order valence-electron chi connectivity index (χ4n) is 7.61. The van der Waals surface area contributed by atoms with Crippen LogP contribution in [0, 0.1) is 11.8 Å². The normalized spacial score (nSPS) is 15.5. The summed E-state index contributed by atoms with van der Waals surface area (Å²) in [5, 5.41) is 8.30. The molecule has 0 radical (unpaired) electrons. The Hall–Kier alpha value is -4.22. The van der Waals surface area contributed by atoms with Gasteiger partial charge in [0.15, 0.2) is 0 Å². The van der Waals surface area contributed by atoms with Gasteiger partial charge in [-0.05, 0) is 43.9 Å². The minimum atomic E-state index is 0.0215. The van der Waals surface area contributed by atoms with Crippen LogP contribution in [0.3, 0.4) is 0 Å². The lowest BCUT2D eigenvalue weighted by Gasteiger charge is -2.33.